The molecule has 2 rings (SSSR count). The van der Waals surface area contributed by atoms with Gasteiger partial charge in [-0.2, -0.15) is 0 Å². The Balaban J connectivity index is 2.09. The molecule has 1 aliphatic rings. The van der Waals surface area contributed by atoms with Crippen molar-refractivity contribution in [2.24, 2.45) is 5.41 Å². The van der Waals surface area contributed by atoms with Gasteiger partial charge in [0.05, 0.1) is 0 Å². The summed E-state index contributed by atoms with van der Waals surface area (Å²) < 4.78 is 0. The van der Waals surface area contributed by atoms with Crippen molar-refractivity contribution in [3.63, 3.8) is 0 Å². The van der Waals surface area contributed by atoms with Gasteiger partial charge in [0.2, 0.25) is 5.91 Å². The van der Waals surface area contributed by atoms with Gasteiger partial charge in [-0.15, -0.1) is 0 Å². The summed E-state index contributed by atoms with van der Waals surface area (Å²) >= 11 is 0. The van der Waals surface area contributed by atoms with Gasteiger partial charge in [0, 0.05) is 25.3 Å². The number of carbonyl (C=O) groups is 2. The van der Waals surface area contributed by atoms with E-state index in [4.69, 9.17) is 5.11 Å². The zero-order chi connectivity index (χ0) is 17.8. The highest BCUT2D eigenvalue weighted by Gasteiger charge is 2.46. The zero-order valence-electron chi connectivity index (χ0n) is 14.8. The first-order chi connectivity index (χ1) is 11.3. The van der Waals surface area contributed by atoms with E-state index in [9.17, 15) is 9.59 Å². The number of carbonyl (C=O) groups excluding carboxylic acids is 2. The summed E-state index contributed by atoms with van der Waals surface area (Å²) in [6.07, 6.45) is 2.11. The second kappa shape index (κ2) is 7.34. The Kier molecular flexibility index (Phi) is 5.65. The largest absolute Gasteiger partial charge is 0.396 e. The molecule has 1 heterocycles. The SMILES string of the molecule is CC(C)(CCO)CNC(=O)C1(C)CCCN1C(=O)c1ccccc1. The average Bonchev–Trinajstić information content (AvgIpc) is 2.96. The van der Waals surface area contributed by atoms with Crippen LogP contribution in [0.4, 0.5) is 0 Å². The van der Waals surface area contributed by atoms with Gasteiger partial charge in [-0.1, -0.05) is 32.0 Å². The van der Waals surface area contributed by atoms with Gasteiger partial charge in [0.1, 0.15) is 5.54 Å². The fourth-order valence-corrected chi connectivity index (χ4v) is 3.16. The Morgan fingerprint density at radius 1 is 1.29 bits per heavy atom. The van der Waals surface area contributed by atoms with E-state index in [-0.39, 0.29) is 23.8 Å². The van der Waals surface area contributed by atoms with Crippen molar-refractivity contribution in [1.82, 2.24) is 10.2 Å². The summed E-state index contributed by atoms with van der Waals surface area (Å²) in [5.41, 5.74) is -0.380. The maximum Gasteiger partial charge on any atom is 0.254 e. The molecule has 1 fully saturated rings. The number of rotatable bonds is 6. The van der Waals surface area contributed by atoms with Crippen LogP contribution in [0.3, 0.4) is 0 Å². The van der Waals surface area contributed by atoms with E-state index in [0.717, 1.165) is 6.42 Å². The first-order valence-corrected chi connectivity index (χ1v) is 8.56. The standard InChI is InChI=1S/C19H28N2O3/c1-18(2,11-13-22)14-20-17(24)19(3)10-7-12-21(19)16(23)15-8-5-4-6-9-15/h4-6,8-9,22H,7,10-14H2,1-3H3,(H,20,24). The fraction of sp³-hybridized carbons (Fsp3) is 0.579. The van der Waals surface area contributed by atoms with Crippen LogP contribution in [-0.4, -0.2) is 47.1 Å². The number of hydrogen-bond acceptors (Lipinski definition) is 3. The van der Waals surface area contributed by atoms with Gasteiger partial charge >= 0.3 is 0 Å². The second-order valence-corrected chi connectivity index (χ2v) is 7.52. The number of nitrogens with zero attached hydrogens (tertiary/aromatic N) is 1. The molecule has 24 heavy (non-hydrogen) atoms. The van der Waals surface area contributed by atoms with Gasteiger partial charge in [0.25, 0.3) is 5.91 Å². The van der Waals surface area contributed by atoms with Crippen LogP contribution in [0.5, 0.6) is 0 Å². The van der Waals surface area contributed by atoms with Gasteiger partial charge in [0.15, 0.2) is 0 Å². The molecule has 5 heteroatoms. The molecule has 0 bridgehead atoms. The topological polar surface area (TPSA) is 69.6 Å². The first kappa shape index (κ1) is 18.5. The molecular formula is C19H28N2O3. The van der Waals surface area contributed by atoms with E-state index in [1.54, 1.807) is 17.0 Å². The lowest BCUT2D eigenvalue weighted by Crippen LogP contribution is -2.56. The Morgan fingerprint density at radius 2 is 1.96 bits per heavy atom. The molecule has 0 radical (unpaired) electrons. The molecular weight excluding hydrogens is 304 g/mol. The summed E-state index contributed by atoms with van der Waals surface area (Å²) in [6, 6.07) is 9.10. The van der Waals surface area contributed by atoms with Crippen molar-refractivity contribution in [2.45, 2.75) is 45.6 Å². The second-order valence-electron chi connectivity index (χ2n) is 7.52. The highest BCUT2D eigenvalue weighted by Crippen LogP contribution is 2.31. The lowest BCUT2D eigenvalue weighted by molar-refractivity contribution is -0.130. The van der Waals surface area contributed by atoms with Gasteiger partial charge < -0.3 is 15.3 Å². The Labute approximate surface area is 144 Å². The van der Waals surface area contributed by atoms with Crippen LogP contribution in [0.15, 0.2) is 30.3 Å². The van der Waals surface area contributed by atoms with E-state index in [2.05, 4.69) is 5.32 Å². The first-order valence-electron chi connectivity index (χ1n) is 8.56. The fourth-order valence-electron chi connectivity index (χ4n) is 3.16. The van der Waals surface area contributed by atoms with Crippen LogP contribution in [0, 0.1) is 5.41 Å². The third kappa shape index (κ3) is 3.96. The number of likely N-dealkylation sites (tertiary alicyclic amines) is 1. The van der Waals surface area contributed by atoms with Gasteiger partial charge in [-0.05, 0) is 43.7 Å². The number of nitrogens with one attached hydrogen (secondary N) is 1. The van der Waals surface area contributed by atoms with E-state index in [1.807, 2.05) is 39.0 Å². The predicted octanol–water partition coefficient (Wildman–Crippen LogP) is 2.21. The van der Waals surface area contributed by atoms with E-state index < -0.39 is 5.54 Å². The Hall–Kier alpha value is -1.88. The predicted molar refractivity (Wildman–Crippen MR) is 93.6 cm³/mol. The Morgan fingerprint density at radius 3 is 2.58 bits per heavy atom. The number of hydrogen-bond donors (Lipinski definition) is 2. The Bertz CT molecular complexity index is 586. The molecule has 132 valence electrons. The molecule has 1 unspecified atom stereocenters. The van der Waals surface area contributed by atoms with Crippen molar-refractivity contribution in [1.29, 1.82) is 0 Å². The summed E-state index contributed by atoms with van der Waals surface area (Å²) in [5, 5.41) is 12.1. The van der Waals surface area contributed by atoms with Crippen molar-refractivity contribution < 1.29 is 14.7 Å². The number of aliphatic hydroxyl groups excluding tert-OH is 1. The molecule has 0 spiro atoms. The summed E-state index contributed by atoms with van der Waals surface area (Å²) in [7, 11) is 0. The normalized spacial score (nSPS) is 20.9. The third-order valence-corrected chi connectivity index (χ3v) is 4.91. The quantitative estimate of drug-likeness (QED) is 0.839. The van der Waals surface area contributed by atoms with Gasteiger partial charge in [-0.25, -0.2) is 0 Å². The summed E-state index contributed by atoms with van der Waals surface area (Å²) in [5.74, 6) is -0.212. The van der Waals surface area contributed by atoms with Crippen LogP contribution in [-0.2, 0) is 4.79 Å². The maximum atomic E-state index is 12.8. The van der Waals surface area contributed by atoms with Crippen molar-refractivity contribution >= 4 is 11.8 Å². The minimum Gasteiger partial charge on any atom is -0.396 e. The molecule has 2 N–H and O–H groups in total. The molecule has 1 aromatic rings. The molecule has 1 atom stereocenters. The van der Waals surface area contributed by atoms with Crippen molar-refractivity contribution in [3.05, 3.63) is 35.9 Å². The molecule has 1 saturated heterocycles. The van der Waals surface area contributed by atoms with Crippen LogP contribution in [0.1, 0.15) is 50.4 Å². The molecule has 2 amide bonds. The molecule has 0 aromatic heterocycles. The van der Waals surface area contributed by atoms with Crippen LogP contribution < -0.4 is 5.32 Å². The third-order valence-electron chi connectivity index (χ3n) is 4.91. The van der Waals surface area contributed by atoms with Gasteiger partial charge in [-0.3, -0.25) is 9.59 Å². The summed E-state index contributed by atoms with van der Waals surface area (Å²) in [6.45, 7) is 7.03. The molecule has 1 aliphatic heterocycles. The average molecular weight is 332 g/mol. The van der Waals surface area contributed by atoms with E-state index >= 15 is 0 Å². The molecule has 0 aliphatic carbocycles. The summed E-state index contributed by atoms with van der Waals surface area (Å²) in [4.78, 5) is 27.3. The number of amides is 2. The highest BCUT2D eigenvalue weighted by atomic mass is 16.3. The minimum absolute atomic E-state index is 0.0960. The van der Waals surface area contributed by atoms with Crippen LogP contribution in [0.25, 0.3) is 0 Å². The van der Waals surface area contributed by atoms with Crippen LogP contribution >= 0.6 is 0 Å². The number of benzene rings is 1. The number of aliphatic hydroxyl groups is 1. The molecule has 1 aromatic carbocycles. The maximum absolute atomic E-state index is 12.8. The van der Waals surface area contributed by atoms with E-state index in [1.165, 1.54) is 0 Å². The van der Waals surface area contributed by atoms with Crippen molar-refractivity contribution in [3.8, 4) is 0 Å². The van der Waals surface area contributed by atoms with Crippen molar-refractivity contribution in [2.75, 3.05) is 19.7 Å². The van der Waals surface area contributed by atoms with E-state index in [0.29, 0.717) is 31.5 Å². The van der Waals surface area contributed by atoms with Crippen LogP contribution in [0.2, 0.25) is 0 Å². The lowest BCUT2D eigenvalue weighted by atomic mass is 9.89. The lowest BCUT2D eigenvalue weighted by Gasteiger charge is -2.35. The molecule has 0 saturated carbocycles. The highest BCUT2D eigenvalue weighted by molar-refractivity contribution is 5.99. The minimum atomic E-state index is -0.817. The molecule has 5 nitrogen and oxygen atoms in total. The smallest absolute Gasteiger partial charge is 0.254 e. The monoisotopic (exact) mass is 332 g/mol. The zero-order valence-corrected chi connectivity index (χ0v) is 14.8.